The molecule has 0 bridgehead atoms. The monoisotopic (exact) mass is 327 g/mol. The molecular weight excluding hydrogens is 310 g/mol. The molecule has 0 radical (unpaired) electrons. The minimum atomic E-state index is -0.378. The fraction of sp³-hybridized carbons (Fsp3) is 0.312. The number of tetrazole rings is 1. The summed E-state index contributed by atoms with van der Waals surface area (Å²) in [5.41, 5.74) is 1.93. The van der Waals surface area contributed by atoms with Crippen molar-refractivity contribution in [2.45, 2.75) is 33.4 Å². The molecular formula is C16H17N5O3. The Bertz CT molecular complexity index is 853. The predicted molar refractivity (Wildman–Crippen MR) is 84.1 cm³/mol. The topological polar surface area (TPSA) is 95.9 Å². The van der Waals surface area contributed by atoms with Crippen molar-refractivity contribution in [2.24, 2.45) is 0 Å². The maximum Gasteiger partial charge on any atom is 0.338 e. The van der Waals surface area contributed by atoms with Crippen molar-refractivity contribution < 1.29 is 14.1 Å². The summed E-state index contributed by atoms with van der Waals surface area (Å²) in [5.74, 6) is 0.688. The highest BCUT2D eigenvalue weighted by Gasteiger charge is 2.13. The number of aryl methyl sites for hydroxylation is 1. The Morgan fingerprint density at radius 1 is 1.33 bits per heavy atom. The first-order valence-electron chi connectivity index (χ1n) is 7.52. The molecule has 124 valence electrons. The van der Waals surface area contributed by atoms with Crippen LogP contribution in [0.1, 0.15) is 35.7 Å². The average molecular weight is 327 g/mol. The average Bonchev–Trinajstić information content (AvgIpc) is 3.16. The lowest BCUT2D eigenvalue weighted by atomic mass is 10.1. The molecule has 0 saturated heterocycles. The fourth-order valence-corrected chi connectivity index (χ4v) is 2.12. The van der Waals surface area contributed by atoms with Gasteiger partial charge in [0.15, 0.2) is 5.76 Å². The van der Waals surface area contributed by atoms with Gasteiger partial charge in [0.05, 0.1) is 17.4 Å². The molecule has 0 saturated carbocycles. The van der Waals surface area contributed by atoms with Crippen LogP contribution in [0.3, 0.4) is 0 Å². The molecule has 0 N–H and O–H groups in total. The summed E-state index contributed by atoms with van der Waals surface area (Å²) >= 11 is 0. The SMILES string of the molecule is Cc1cc(Cn2nnc(-c3cccc(C(=O)OC(C)C)c3)n2)on1. The molecule has 0 aliphatic heterocycles. The molecule has 8 heteroatoms. The number of esters is 1. The smallest absolute Gasteiger partial charge is 0.338 e. The van der Waals surface area contributed by atoms with E-state index in [1.807, 2.05) is 19.1 Å². The molecule has 0 atom stereocenters. The van der Waals surface area contributed by atoms with Gasteiger partial charge in [-0.2, -0.15) is 4.80 Å². The van der Waals surface area contributed by atoms with Crippen LogP contribution in [-0.2, 0) is 11.3 Å². The maximum absolute atomic E-state index is 12.0. The maximum atomic E-state index is 12.0. The third-order valence-corrected chi connectivity index (χ3v) is 3.13. The summed E-state index contributed by atoms with van der Waals surface area (Å²) in [4.78, 5) is 13.4. The van der Waals surface area contributed by atoms with Crippen LogP contribution in [0.25, 0.3) is 11.4 Å². The normalized spacial score (nSPS) is 11.0. The van der Waals surface area contributed by atoms with Gasteiger partial charge in [-0.05, 0) is 38.1 Å². The van der Waals surface area contributed by atoms with Gasteiger partial charge >= 0.3 is 5.97 Å². The van der Waals surface area contributed by atoms with Gasteiger partial charge in [-0.25, -0.2) is 4.79 Å². The third-order valence-electron chi connectivity index (χ3n) is 3.13. The molecule has 8 nitrogen and oxygen atoms in total. The predicted octanol–water partition coefficient (Wildman–Crippen LogP) is 2.25. The summed E-state index contributed by atoms with van der Waals surface area (Å²) in [6, 6.07) is 8.75. The minimum Gasteiger partial charge on any atom is -0.459 e. The number of benzene rings is 1. The summed E-state index contributed by atoms with van der Waals surface area (Å²) in [6.45, 7) is 5.79. The fourth-order valence-electron chi connectivity index (χ4n) is 2.12. The Balaban J connectivity index is 1.78. The summed E-state index contributed by atoms with van der Waals surface area (Å²) in [5, 5.41) is 16.1. The standard InChI is InChI=1S/C16H17N5O3/c1-10(2)23-16(22)13-6-4-5-12(8-13)15-17-20-21(18-15)9-14-7-11(3)19-24-14/h4-8,10H,9H2,1-3H3. The van der Waals surface area contributed by atoms with Crippen LogP contribution in [0.15, 0.2) is 34.9 Å². The number of carbonyl (C=O) groups excluding carboxylic acids is 1. The highest BCUT2D eigenvalue weighted by atomic mass is 16.5. The first kappa shape index (κ1) is 15.9. The molecule has 0 spiro atoms. The second-order valence-corrected chi connectivity index (χ2v) is 5.61. The van der Waals surface area contributed by atoms with E-state index in [9.17, 15) is 4.79 Å². The van der Waals surface area contributed by atoms with Crippen molar-refractivity contribution >= 4 is 5.97 Å². The van der Waals surface area contributed by atoms with E-state index in [2.05, 4.69) is 20.6 Å². The van der Waals surface area contributed by atoms with E-state index < -0.39 is 0 Å². The first-order chi connectivity index (χ1) is 11.5. The van der Waals surface area contributed by atoms with Gasteiger partial charge in [-0.15, -0.1) is 10.2 Å². The van der Waals surface area contributed by atoms with Gasteiger partial charge in [0.25, 0.3) is 0 Å². The van der Waals surface area contributed by atoms with E-state index in [0.29, 0.717) is 29.3 Å². The lowest BCUT2D eigenvalue weighted by molar-refractivity contribution is 0.0378. The van der Waals surface area contributed by atoms with E-state index in [1.165, 1.54) is 4.80 Å². The number of aromatic nitrogens is 5. The summed E-state index contributed by atoms with van der Waals surface area (Å²) < 4.78 is 10.3. The first-order valence-corrected chi connectivity index (χ1v) is 7.52. The van der Waals surface area contributed by atoms with Gasteiger partial charge < -0.3 is 9.26 Å². The van der Waals surface area contributed by atoms with Crippen LogP contribution in [0.4, 0.5) is 0 Å². The molecule has 0 unspecified atom stereocenters. The lowest BCUT2D eigenvalue weighted by Crippen LogP contribution is -2.11. The van der Waals surface area contributed by atoms with Crippen LogP contribution in [-0.4, -0.2) is 37.4 Å². The quantitative estimate of drug-likeness (QED) is 0.663. The second kappa shape index (κ2) is 6.61. The number of ether oxygens (including phenoxy) is 1. The summed E-state index contributed by atoms with van der Waals surface area (Å²) in [6.07, 6.45) is -0.175. The van der Waals surface area contributed by atoms with Crippen molar-refractivity contribution in [1.82, 2.24) is 25.4 Å². The van der Waals surface area contributed by atoms with Crippen molar-refractivity contribution in [3.05, 3.63) is 47.3 Å². The van der Waals surface area contributed by atoms with Crippen LogP contribution in [0, 0.1) is 6.92 Å². The number of hydrogen-bond acceptors (Lipinski definition) is 7. The Morgan fingerprint density at radius 2 is 2.17 bits per heavy atom. The zero-order valence-corrected chi connectivity index (χ0v) is 13.6. The van der Waals surface area contributed by atoms with Gasteiger partial charge in [0.1, 0.15) is 6.54 Å². The number of hydrogen-bond donors (Lipinski definition) is 0. The van der Waals surface area contributed by atoms with Crippen LogP contribution < -0.4 is 0 Å². The lowest BCUT2D eigenvalue weighted by Gasteiger charge is -2.08. The van der Waals surface area contributed by atoms with Crippen LogP contribution in [0.5, 0.6) is 0 Å². The number of carbonyl (C=O) groups is 1. The Labute approximate surface area is 138 Å². The molecule has 24 heavy (non-hydrogen) atoms. The van der Waals surface area contributed by atoms with Crippen molar-refractivity contribution in [3.8, 4) is 11.4 Å². The van der Waals surface area contributed by atoms with Crippen LogP contribution >= 0.6 is 0 Å². The Hall–Kier alpha value is -3.03. The van der Waals surface area contributed by atoms with E-state index in [1.54, 1.807) is 32.0 Å². The number of nitrogens with zero attached hydrogens (tertiary/aromatic N) is 5. The molecule has 0 amide bonds. The minimum absolute atomic E-state index is 0.175. The van der Waals surface area contributed by atoms with Crippen molar-refractivity contribution in [3.63, 3.8) is 0 Å². The zero-order valence-electron chi connectivity index (χ0n) is 13.6. The number of rotatable bonds is 5. The molecule has 3 rings (SSSR count). The molecule has 0 fully saturated rings. The largest absolute Gasteiger partial charge is 0.459 e. The summed E-state index contributed by atoms with van der Waals surface area (Å²) in [7, 11) is 0. The second-order valence-electron chi connectivity index (χ2n) is 5.61. The van der Waals surface area contributed by atoms with Gasteiger partial charge in [-0.3, -0.25) is 0 Å². The van der Waals surface area contributed by atoms with Crippen molar-refractivity contribution in [2.75, 3.05) is 0 Å². The van der Waals surface area contributed by atoms with E-state index in [4.69, 9.17) is 9.26 Å². The van der Waals surface area contributed by atoms with Gasteiger partial charge in [-0.1, -0.05) is 17.3 Å². The molecule has 0 aliphatic rings. The van der Waals surface area contributed by atoms with E-state index in [0.717, 1.165) is 5.69 Å². The van der Waals surface area contributed by atoms with Gasteiger partial charge in [0, 0.05) is 11.6 Å². The zero-order chi connectivity index (χ0) is 17.1. The molecule has 2 heterocycles. The molecule has 3 aromatic rings. The van der Waals surface area contributed by atoms with E-state index in [-0.39, 0.29) is 12.1 Å². The van der Waals surface area contributed by atoms with Crippen molar-refractivity contribution in [1.29, 1.82) is 0 Å². The third kappa shape index (κ3) is 3.65. The molecule has 0 aliphatic carbocycles. The molecule has 2 aromatic heterocycles. The van der Waals surface area contributed by atoms with Crippen LogP contribution in [0.2, 0.25) is 0 Å². The van der Waals surface area contributed by atoms with E-state index >= 15 is 0 Å². The highest BCUT2D eigenvalue weighted by Crippen LogP contribution is 2.17. The highest BCUT2D eigenvalue weighted by molar-refractivity contribution is 5.90. The Kier molecular flexibility index (Phi) is 4.37. The molecule has 1 aromatic carbocycles. The van der Waals surface area contributed by atoms with Gasteiger partial charge in [0.2, 0.25) is 5.82 Å². The Morgan fingerprint density at radius 3 is 2.88 bits per heavy atom.